The first-order valence-corrected chi connectivity index (χ1v) is 11.8. The van der Waals surface area contributed by atoms with Crippen molar-refractivity contribution in [3.8, 4) is 5.69 Å². The van der Waals surface area contributed by atoms with E-state index < -0.39 is 5.97 Å². The van der Waals surface area contributed by atoms with Gasteiger partial charge in [0, 0.05) is 33.0 Å². The van der Waals surface area contributed by atoms with Gasteiger partial charge >= 0.3 is 5.97 Å². The van der Waals surface area contributed by atoms with Gasteiger partial charge in [-0.25, -0.2) is 9.78 Å². The number of carboxylic acids is 1. The second-order valence-electron chi connectivity index (χ2n) is 8.32. The summed E-state index contributed by atoms with van der Waals surface area (Å²) in [6.45, 7) is 7.97. The van der Waals surface area contributed by atoms with Crippen LogP contribution < -0.4 is 5.56 Å². The summed E-state index contributed by atoms with van der Waals surface area (Å²) < 4.78 is 4.17. The van der Waals surface area contributed by atoms with E-state index in [0.717, 1.165) is 33.5 Å². The molecule has 0 spiro atoms. The number of rotatable bonds is 6. The Kier molecular flexibility index (Phi) is 6.52. The van der Waals surface area contributed by atoms with Crippen molar-refractivity contribution >= 4 is 39.0 Å². The first-order valence-electron chi connectivity index (χ1n) is 11.0. The Balaban J connectivity index is 1.83. The second kappa shape index (κ2) is 9.38. The number of hydrogen-bond acceptors (Lipinski definition) is 4. The van der Waals surface area contributed by atoms with Gasteiger partial charge in [-0.05, 0) is 62.7 Å². The molecule has 34 heavy (non-hydrogen) atoms. The Labute approximate surface area is 205 Å². The summed E-state index contributed by atoms with van der Waals surface area (Å²) in [6, 6.07) is 14.2. The fraction of sp³-hybridized carbons (Fsp3) is 0.231. The van der Waals surface area contributed by atoms with Crippen LogP contribution >= 0.6 is 15.9 Å². The average molecular weight is 521 g/mol. The summed E-state index contributed by atoms with van der Waals surface area (Å²) in [6.07, 6.45) is 2.48. The lowest BCUT2D eigenvalue weighted by Gasteiger charge is -2.14. The van der Waals surface area contributed by atoms with Crippen LogP contribution in [0.25, 0.3) is 16.6 Å². The number of hydrogen-bond donors (Lipinski definition) is 1. The summed E-state index contributed by atoms with van der Waals surface area (Å²) >= 11 is 3.43. The Morgan fingerprint density at radius 1 is 1.21 bits per heavy atom. The van der Waals surface area contributed by atoms with Crippen LogP contribution in [0.1, 0.15) is 59.3 Å². The summed E-state index contributed by atoms with van der Waals surface area (Å²) in [7, 11) is 0. The van der Waals surface area contributed by atoms with E-state index in [1.165, 1.54) is 4.68 Å². The monoisotopic (exact) mass is 520 g/mol. The third kappa shape index (κ3) is 4.33. The molecule has 0 unspecified atom stereocenters. The highest BCUT2D eigenvalue weighted by Gasteiger charge is 2.16. The molecule has 174 valence electrons. The molecule has 7 nitrogen and oxygen atoms in total. The first kappa shape index (κ1) is 23.6. The largest absolute Gasteiger partial charge is 0.478 e. The molecule has 4 aromatic rings. The van der Waals surface area contributed by atoms with Gasteiger partial charge in [0.15, 0.2) is 0 Å². The summed E-state index contributed by atoms with van der Waals surface area (Å²) in [5.74, 6) is -0.316. The van der Waals surface area contributed by atoms with E-state index in [0.29, 0.717) is 16.7 Å². The van der Waals surface area contributed by atoms with E-state index in [4.69, 9.17) is 4.98 Å². The Bertz CT molecular complexity index is 1500. The van der Waals surface area contributed by atoms with Crippen molar-refractivity contribution in [2.45, 2.75) is 40.0 Å². The van der Waals surface area contributed by atoms with E-state index in [2.05, 4.69) is 28.0 Å². The number of fused-ring (bicyclic) bond motifs is 1. The zero-order valence-electron chi connectivity index (χ0n) is 19.4. The fourth-order valence-corrected chi connectivity index (χ4v) is 4.35. The van der Waals surface area contributed by atoms with Gasteiger partial charge in [0.25, 0.3) is 5.56 Å². The van der Waals surface area contributed by atoms with Gasteiger partial charge in [0.2, 0.25) is 0 Å². The molecule has 2 aromatic heterocycles. The maximum atomic E-state index is 13.4. The van der Waals surface area contributed by atoms with Crippen LogP contribution in [0.2, 0.25) is 0 Å². The van der Waals surface area contributed by atoms with Crippen molar-refractivity contribution in [1.82, 2.24) is 14.2 Å². The molecule has 8 heteroatoms. The molecule has 0 saturated carbocycles. The van der Waals surface area contributed by atoms with Crippen LogP contribution in [0, 0.1) is 13.8 Å². The van der Waals surface area contributed by atoms with Crippen LogP contribution in [-0.4, -0.2) is 31.5 Å². The molecule has 0 bridgehead atoms. The van der Waals surface area contributed by atoms with E-state index in [-0.39, 0.29) is 17.0 Å². The molecule has 0 radical (unpaired) electrons. The van der Waals surface area contributed by atoms with Crippen LogP contribution in [0.15, 0.2) is 62.9 Å². The number of carbonyl (C=O) groups is 1. The zero-order chi connectivity index (χ0) is 24.6. The molecular formula is C26H25BrN4O3. The molecule has 0 saturated heterocycles. The minimum Gasteiger partial charge on any atom is -0.478 e. The number of halogens is 1. The third-order valence-electron chi connectivity index (χ3n) is 6.02. The van der Waals surface area contributed by atoms with Crippen LogP contribution in [-0.2, 0) is 0 Å². The SMILES string of the molecule is CC[C@@H](C)c1nc2ccc(Br)cc2c(=O)n1N=Cc1cc(C)n(-c2cccc(C(=O)O)c2)c1C. The van der Waals surface area contributed by atoms with E-state index >= 15 is 0 Å². The number of nitrogens with zero attached hydrogens (tertiary/aromatic N) is 4. The average Bonchev–Trinajstić information content (AvgIpc) is 3.11. The van der Waals surface area contributed by atoms with Gasteiger partial charge in [0.05, 0.1) is 22.7 Å². The highest BCUT2D eigenvalue weighted by atomic mass is 79.9. The highest BCUT2D eigenvalue weighted by Crippen LogP contribution is 2.23. The lowest BCUT2D eigenvalue weighted by Crippen LogP contribution is -2.23. The Morgan fingerprint density at radius 3 is 2.68 bits per heavy atom. The molecule has 4 rings (SSSR count). The standard InChI is InChI=1S/C26H25BrN4O3/c1-5-15(2)24-29-23-10-9-20(27)13-22(23)25(32)31(24)28-14-19-11-16(3)30(17(19)4)21-8-6-7-18(12-21)26(33)34/h6-15H,5H2,1-4H3,(H,33,34)/t15-/m1/s1. The lowest BCUT2D eigenvalue weighted by molar-refractivity contribution is 0.0697. The molecule has 0 fully saturated rings. The number of aryl methyl sites for hydroxylation is 1. The molecule has 0 aliphatic heterocycles. The summed E-state index contributed by atoms with van der Waals surface area (Å²) in [5.41, 5.74) is 4.04. The molecule has 0 amide bonds. The fourth-order valence-electron chi connectivity index (χ4n) is 3.99. The van der Waals surface area contributed by atoms with Gasteiger partial charge in [-0.2, -0.15) is 9.78 Å². The first-order chi connectivity index (χ1) is 16.2. The smallest absolute Gasteiger partial charge is 0.335 e. The Morgan fingerprint density at radius 2 is 1.97 bits per heavy atom. The second-order valence-corrected chi connectivity index (χ2v) is 9.24. The maximum absolute atomic E-state index is 13.4. The normalized spacial score (nSPS) is 12.5. The van der Waals surface area contributed by atoms with Crippen molar-refractivity contribution in [3.05, 3.63) is 91.7 Å². The molecule has 1 N–H and O–H groups in total. The predicted octanol–water partition coefficient (Wildman–Crippen LogP) is 5.66. The summed E-state index contributed by atoms with van der Waals surface area (Å²) in [4.78, 5) is 29.5. The molecule has 0 aliphatic rings. The maximum Gasteiger partial charge on any atom is 0.335 e. The number of aromatic carboxylic acids is 1. The molecule has 2 aromatic carbocycles. The van der Waals surface area contributed by atoms with Crippen molar-refractivity contribution in [2.75, 3.05) is 0 Å². The van der Waals surface area contributed by atoms with Crippen molar-refractivity contribution < 1.29 is 9.90 Å². The van der Waals surface area contributed by atoms with Gasteiger partial charge in [0.1, 0.15) is 5.82 Å². The summed E-state index contributed by atoms with van der Waals surface area (Å²) in [5, 5.41) is 14.4. The van der Waals surface area contributed by atoms with E-state index in [1.807, 2.05) is 49.6 Å². The van der Waals surface area contributed by atoms with Gasteiger partial charge in [-0.1, -0.05) is 35.8 Å². The molecule has 0 aliphatic carbocycles. The topological polar surface area (TPSA) is 89.5 Å². The van der Waals surface area contributed by atoms with Crippen LogP contribution in [0.4, 0.5) is 0 Å². The Hall–Kier alpha value is -3.52. The van der Waals surface area contributed by atoms with Gasteiger partial charge < -0.3 is 9.67 Å². The lowest BCUT2D eigenvalue weighted by atomic mass is 10.1. The van der Waals surface area contributed by atoms with Crippen LogP contribution in [0.5, 0.6) is 0 Å². The minimum absolute atomic E-state index is 0.0455. The minimum atomic E-state index is -0.974. The quantitative estimate of drug-likeness (QED) is 0.332. The van der Waals surface area contributed by atoms with Crippen molar-refractivity contribution in [1.29, 1.82) is 0 Å². The van der Waals surface area contributed by atoms with Gasteiger partial charge in [-0.15, -0.1) is 0 Å². The van der Waals surface area contributed by atoms with Crippen LogP contribution in [0.3, 0.4) is 0 Å². The highest BCUT2D eigenvalue weighted by molar-refractivity contribution is 9.10. The van der Waals surface area contributed by atoms with Crippen molar-refractivity contribution in [3.63, 3.8) is 0 Å². The molecular weight excluding hydrogens is 496 g/mol. The number of benzene rings is 2. The van der Waals surface area contributed by atoms with E-state index in [9.17, 15) is 14.7 Å². The number of aromatic nitrogens is 3. The molecule has 2 heterocycles. The predicted molar refractivity (Wildman–Crippen MR) is 138 cm³/mol. The van der Waals surface area contributed by atoms with E-state index in [1.54, 1.807) is 30.5 Å². The number of carboxylic acid groups (broad SMARTS) is 1. The van der Waals surface area contributed by atoms with Crippen molar-refractivity contribution in [2.24, 2.45) is 5.10 Å². The third-order valence-corrected chi connectivity index (χ3v) is 6.51. The zero-order valence-corrected chi connectivity index (χ0v) is 21.0. The molecule has 1 atom stereocenters. The van der Waals surface area contributed by atoms with Gasteiger partial charge in [-0.3, -0.25) is 4.79 Å².